The van der Waals surface area contributed by atoms with Crippen molar-refractivity contribution in [2.45, 2.75) is 13.3 Å². The fourth-order valence-corrected chi connectivity index (χ4v) is 4.17. The quantitative estimate of drug-likeness (QED) is 0.647. The molecule has 0 bridgehead atoms. The van der Waals surface area contributed by atoms with E-state index in [1.807, 2.05) is 30.3 Å². The van der Waals surface area contributed by atoms with Gasteiger partial charge in [-0.1, -0.05) is 19.1 Å². The maximum absolute atomic E-state index is 11.1. The zero-order valence-corrected chi connectivity index (χ0v) is 14.0. The standard InChI is InChI=1S/C18H14O3S2/c1-2-11-9-12(15-6-4-13(10-19)22-15)3-5-14(11)16-7-8-17(23-16)18(20)21/h3-10H,2H2,1H3,(H,20,21). The van der Waals surface area contributed by atoms with Crippen LogP contribution in [0, 0.1) is 0 Å². The summed E-state index contributed by atoms with van der Waals surface area (Å²) < 4.78 is 0. The Morgan fingerprint density at radius 2 is 1.87 bits per heavy atom. The second-order valence-electron chi connectivity index (χ2n) is 5.01. The van der Waals surface area contributed by atoms with E-state index in [9.17, 15) is 9.59 Å². The number of aromatic carboxylic acids is 1. The molecule has 2 heterocycles. The van der Waals surface area contributed by atoms with Gasteiger partial charge in [-0.05, 0) is 53.4 Å². The zero-order valence-electron chi connectivity index (χ0n) is 12.4. The molecule has 0 saturated carbocycles. The Kier molecular flexibility index (Phi) is 4.41. The number of hydrogen-bond acceptors (Lipinski definition) is 4. The summed E-state index contributed by atoms with van der Waals surface area (Å²) in [5.41, 5.74) is 3.32. The van der Waals surface area contributed by atoms with Crippen molar-refractivity contribution in [3.63, 3.8) is 0 Å². The molecular formula is C18H14O3S2. The molecule has 0 saturated heterocycles. The van der Waals surface area contributed by atoms with Crippen LogP contribution >= 0.6 is 22.7 Å². The van der Waals surface area contributed by atoms with Gasteiger partial charge in [0, 0.05) is 9.75 Å². The fraction of sp³-hybridized carbons (Fsp3) is 0.111. The lowest BCUT2D eigenvalue weighted by molar-refractivity contribution is 0.0702. The van der Waals surface area contributed by atoms with Gasteiger partial charge in [-0.2, -0.15) is 0 Å². The molecule has 0 aliphatic rings. The lowest BCUT2D eigenvalue weighted by atomic mass is 10.00. The molecule has 2 aromatic heterocycles. The number of carboxylic acids is 1. The SMILES string of the molecule is CCc1cc(-c2ccc(C=O)s2)ccc1-c1ccc(C(=O)O)s1. The molecule has 0 spiro atoms. The maximum atomic E-state index is 11.1. The number of thiophene rings is 2. The molecular weight excluding hydrogens is 328 g/mol. The van der Waals surface area contributed by atoms with Crippen molar-refractivity contribution in [2.75, 3.05) is 0 Å². The third-order valence-corrected chi connectivity index (χ3v) is 5.76. The number of aryl methyl sites for hydroxylation is 1. The topological polar surface area (TPSA) is 54.4 Å². The van der Waals surface area contributed by atoms with Crippen LogP contribution in [0.2, 0.25) is 0 Å². The number of rotatable bonds is 5. The van der Waals surface area contributed by atoms with E-state index >= 15 is 0 Å². The Morgan fingerprint density at radius 1 is 1.09 bits per heavy atom. The summed E-state index contributed by atoms with van der Waals surface area (Å²) in [5.74, 6) is -0.893. The van der Waals surface area contributed by atoms with Crippen LogP contribution < -0.4 is 0 Å². The van der Waals surface area contributed by atoms with Crippen molar-refractivity contribution in [2.24, 2.45) is 0 Å². The second-order valence-corrected chi connectivity index (χ2v) is 7.21. The highest BCUT2D eigenvalue weighted by molar-refractivity contribution is 7.17. The van der Waals surface area contributed by atoms with E-state index in [0.717, 1.165) is 33.6 Å². The number of aldehydes is 1. The molecule has 0 aliphatic heterocycles. The van der Waals surface area contributed by atoms with Gasteiger partial charge in [0.25, 0.3) is 0 Å². The average molecular weight is 342 g/mol. The molecule has 0 radical (unpaired) electrons. The minimum atomic E-state index is -0.893. The Bertz CT molecular complexity index is 874. The molecule has 5 heteroatoms. The lowest BCUT2D eigenvalue weighted by Crippen LogP contribution is -1.89. The second kappa shape index (κ2) is 6.48. The maximum Gasteiger partial charge on any atom is 0.345 e. The molecule has 3 aromatic rings. The predicted molar refractivity (Wildman–Crippen MR) is 94.8 cm³/mol. The number of benzene rings is 1. The number of hydrogen-bond donors (Lipinski definition) is 1. The van der Waals surface area contributed by atoms with Gasteiger partial charge in [-0.25, -0.2) is 4.79 Å². The van der Waals surface area contributed by atoms with E-state index < -0.39 is 5.97 Å². The molecule has 0 amide bonds. The molecule has 0 unspecified atom stereocenters. The third kappa shape index (κ3) is 3.11. The summed E-state index contributed by atoms with van der Waals surface area (Å²) in [6.07, 6.45) is 1.72. The monoisotopic (exact) mass is 342 g/mol. The molecule has 3 nitrogen and oxygen atoms in total. The van der Waals surface area contributed by atoms with Crippen molar-refractivity contribution in [1.82, 2.24) is 0 Å². The molecule has 1 aromatic carbocycles. The van der Waals surface area contributed by atoms with Crippen LogP contribution in [0.1, 0.15) is 31.8 Å². The van der Waals surface area contributed by atoms with E-state index in [1.54, 1.807) is 6.07 Å². The van der Waals surface area contributed by atoms with E-state index in [-0.39, 0.29) is 0 Å². The van der Waals surface area contributed by atoms with Gasteiger partial charge in [0.1, 0.15) is 4.88 Å². The Morgan fingerprint density at radius 3 is 2.48 bits per heavy atom. The Labute approximate surface area is 141 Å². The molecule has 116 valence electrons. The number of carbonyl (C=O) groups excluding carboxylic acids is 1. The molecule has 3 rings (SSSR count). The molecule has 23 heavy (non-hydrogen) atoms. The first-order valence-electron chi connectivity index (χ1n) is 7.14. The van der Waals surface area contributed by atoms with Crippen molar-refractivity contribution < 1.29 is 14.7 Å². The number of carboxylic acid groups (broad SMARTS) is 1. The summed E-state index contributed by atoms with van der Waals surface area (Å²) in [6, 6.07) is 13.5. The lowest BCUT2D eigenvalue weighted by Gasteiger charge is -2.08. The average Bonchev–Trinajstić information content (AvgIpc) is 3.23. The minimum absolute atomic E-state index is 0.347. The van der Waals surface area contributed by atoms with Gasteiger partial charge in [-0.15, -0.1) is 22.7 Å². The first-order chi connectivity index (χ1) is 11.1. The number of carbonyl (C=O) groups is 2. The summed E-state index contributed by atoms with van der Waals surface area (Å²) in [5, 5.41) is 9.07. The molecule has 0 atom stereocenters. The van der Waals surface area contributed by atoms with Gasteiger partial charge in [0.05, 0.1) is 4.88 Å². The van der Waals surface area contributed by atoms with E-state index in [1.165, 1.54) is 28.2 Å². The van der Waals surface area contributed by atoms with E-state index in [4.69, 9.17) is 5.11 Å². The van der Waals surface area contributed by atoms with Crippen LogP contribution in [0.5, 0.6) is 0 Å². The minimum Gasteiger partial charge on any atom is -0.477 e. The Balaban J connectivity index is 2.02. The largest absolute Gasteiger partial charge is 0.477 e. The first kappa shape index (κ1) is 15.6. The van der Waals surface area contributed by atoms with Crippen LogP contribution in [0.3, 0.4) is 0 Å². The van der Waals surface area contributed by atoms with Gasteiger partial charge in [0.15, 0.2) is 6.29 Å². The van der Waals surface area contributed by atoms with Crippen molar-refractivity contribution in [1.29, 1.82) is 0 Å². The van der Waals surface area contributed by atoms with Crippen LogP contribution in [-0.2, 0) is 6.42 Å². The molecule has 0 aliphatic carbocycles. The highest BCUT2D eigenvalue weighted by Gasteiger charge is 2.12. The molecule has 0 fully saturated rings. The van der Waals surface area contributed by atoms with Crippen LogP contribution in [-0.4, -0.2) is 17.4 Å². The van der Waals surface area contributed by atoms with Gasteiger partial charge in [0.2, 0.25) is 0 Å². The molecule has 1 N–H and O–H groups in total. The van der Waals surface area contributed by atoms with Crippen LogP contribution in [0.25, 0.3) is 20.9 Å². The van der Waals surface area contributed by atoms with E-state index in [0.29, 0.717) is 9.75 Å². The highest BCUT2D eigenvalue weighted by atomic mass is 32.1. The van der Waals surface area contributed by atoms with Gasteiger partial charge < -0.3 is 5.11 Å². The van der Waals surface area contributed by atoms with Crippen molar-refractivity contribution in [3.05, 3.63) is 57.8 Å². The first-order valence-corrected chi connectivity index (χ1v) is 8.77. The summed E-state index contributed by atoms with van der Waals surface area (Å²) in [6.45, 7) is 2.08. The fourth-order valence-electron chi connectivity index (χ4n) is 2.45. The summed E-state index contributed by atoms with van der Waals surface area (Å²) in [7, 11) is 0. The summed E-state index contributed by atoms with van der Waals surface area (Å²) >= 11 is 2.76. The summed E-state index contributed by atoms with van der Waals surface area (Å²) in [4.78, 5) is 25.0. The highest BCUT2D eigenvalue weighted by Crippen LogP contribution is 2.35. The third-order valence-electron chi connectivity index (χ3n) is 3.60. The van der Waals surface area contributed by atoms with Crippen LogP contribution in [0.15, 0.2) is 42.5 Å². The normalized spacial score (nSPS) is 10.7. The predicted octanol–water partition coefficient (Wildman–Crippen LogP) is 5.22. The van der Waals surface area contributed by atoms with Crippen molar-refractivity contribution in [3.8, 4) is 20.9 Å². The van der Waals surface area contributed by atoms with Crippen molar-refractivity contribution >= 4 is 34.9 Å². The van der Waals surface area contributed by atoms with Gasteiger partial charge in [-0.3, -0.25) is 4.79 Å². The smallest absolute Gasteiger partial charge is 0.345 e. The van der Waals surface area contributed by atoms with Crippen LogP contribution in [0.4, 0.5) is 0 Å². The Hall–Kier alpha value is -2.24. The zero-order chi connectivity index (χ0) is 16.4. The van der Waals surface area contributed by atoms with E-state index in [2.05, 4.69) is 13.0 Å². The van der Waals surface area contributed by atoms with Gasteiger partial charge >= 0.3 is 5.97 Å².